The molecule has 4 N–H and O–H groups in total. The van der Waals surface area contributed by atoms with Crippen molar-refractivity contribution < 1.29 is 4.39 Å². The smallest absolute Gasteiger partial charge is 0.171 e. The topological polar surface area (TPSA) is 69.9 Å². The summed E-state index contributed by atoms with van der Waals surface area (Å²) in [4.78, 5) is 0. The molecule has 3 aromatic rings. The van der Waals surface area contributed by atoms with Gasteiger partial charge in [0.1, 0.15) is 10.7 Å². The van der Waals surface area contributed by atoms with Crippen LogP contribution in [0.5, 0.6) is 0 Å². The molecule has 0 saturated heterocycles. The van der Waals surface area contributed by atoms with Gasteiger partial charge in [0, 0.05) is 5.39 Å². The fourth-order valence-corrected chi connectivity index (χ4v) is 2.17. The van der Waals surface area contributed by atoms with Crippen molar-refractivity contribution in [2.45, 2.75) is 0 Å². The lowest BCUT2D eigenvalue weighted by atomic mass is 10.2. The molecule has 4 nitrogen and oxygen atoms in total. The Morgan fingerprint density at radius 3 is 2.68 bits per heavy atom. The first-order valence-electron chi connectivity index (χ1n) is 5.55. The van der Waals surface area contributed by atoms with Crippen LogP contribution in [-0.2, 0) is 0 Å². The summed E-state index contributed by atoms with van der Waals surface area (Å²) in [5.41, 5.74) is 12.6. The SMILES string of the molecule is Nc1cc(N)c(-n2ncc3ccccc32)c(F)c1Cl. The highest BCUT2D eigenvalue weighted by molar-refractivity contribution is 6.33. The second kappa shape index (κ2) is 4.13. The third kappa shape index (κ3) is 1.70. The van der Waals surface area contributed by atoms with Gasteiger partial charge in [-0.1, -0.05) is 29.8 Å². The number of para-hydroxylation sites is 1. The van der Waals surface area contributed by atoms with Crippen molar-refractivity contribution in [2.24, 2.45) is 0 Å². The molecule has 0 aliphatic rings. The number of nitrogens with zero attached hydrogens (tertiary/aromatic N) is 2. The van der Waals surface area contributed by atoms with Crippen molar-refractivity contribution in [2.75, 3.05) is 11.5 Å². The normalized spacial score (nSPS) is 11.1. The van der Waals surface area contributed by atoms with Crippen molar-refractivity contribution in [3.63, 3.8) is 0 Å². The van der Waals surface area contributed by atoms with Crippen LogP contribution in [0.25, 0.3) is 16.6 Å². The first-order chi connectivity index (χ1) is 9.09. The zero-order chi connectivity index (χ0) is 13.6. The summed E-state index contributed by atoms with van der Waals surface area (Å²) in [5.74, 6) is -0.673. The number of rotatable bonds is 1. The molecule has 96 valence electrons. The number of anilines is 2. The van der Waals surface area contributed by atoms with Gasteiger partial charge in [-0.25, -0.2) is 9.07 Å². The predicted octanol–water partition coefficient (Wildman–Crippen LogP) is 2.98. The molecule has 0 aliphatic heterocycles. The first-order valence-corrected chi connectivity index (χ1v) is 5.93. The summed E-state index contributed by atoms with van der Waals surface area (Å²) < 4.78 is 15.7. The number of nitrogen functional groups attached to an aromatic ring is 2. The Morgan fingerprint density at radius 2 is 1.89 bits per heavy atom. The molecular weight excluding hydrogens is 267 g/mol. The number of hydrogen-bond acceptors (Lipinski definition) is 3. The van der Waals surface area contributed by atoms with Gasteiger partial charge in [0.05, 0.1) is 23.1 Å². The van der Waals surface area contributed by atoms with Crippen LogP contribution in [0.3, 0.4) is 0 Å². The molecule has 0 bridgehead atoms. The van der Waals surface area contributed by atoms with Crippen molar-refractivity contribution in [3.8, 4) is 5.69 Å². The summed E-state index contributed by atoms with van der Waals surface area (Å²) in [6, 6.07) is 8.85. The van der Waals surface area contributed by atoms with Crippen LogP contribution in [-0.4, -0.2) is 9.78 Å². The molecule has 0 radical (unpaired) electrons. The van der Waals surface area contributed by atoms with Gasteiger partial charge in [-0.2, -0.15) is 5.10 Å². The highest BCUT2D eigenvalue weighted by Gasteiger charge is 2.18. The number of nitrogens with two attached hydrogens (primary N) is 2. The standard InChI is InChI=1S/C13H10ClFN4/c14-11-8(16)5-9(17)13(12(11)15)19-10-4-2-1-3-7(10)6-18-19/h1-6H,16-17H2. The Labute approximate surface area is 113 Å². The molecule has 0 spiro atoms. The molecule has 3 rings (SSSR count). The number of hydrogen-bond donors (Lipinski definition) is 2. The maximum absolute atomic E-state index is 14.3. The van der Waals surface area contributed by atoms with Gasteiger partial charge in [0.25, 0.3) is 0 Å². The van der Waals surface area contributed by atoms with Crippen LogP contribution >= 0.6 is 11.6 Å². The molecule has 1 heterocycles. The summed E-state index contributed by atoms with van der Waals surface area (Å²) >= 11 is 5.83. The largest absolute Gasteiger partial charge is 0.397 e. The fourth-order valence-electron chi connectivity index (χ4n) is 2.02. The van der Waals surface area contributed by atoms with Gasteiger partial charge in [0.2, 0.25) is 0 Å². The Hall–Kier alpha value is -2.27. The lowest BCUT2D eigenvalue weighted by Crippen LogP contribution is -2.06. The number of halogens is 2. The van der Waals surface area contributed by atoms with Gasteiger partial charge in [-0.3, -0.25) is 0 Å². The average Bonchev–Trinajstić information content (AvgIpc) is 2.81. The highest BCUT2D eigenvalue weighted by Crippen LogP contribution is 2.33. The predicted molar refractivity (Wildman–Crippen MR) is 74.9 cm³/mol. The summed E-state index contributed by atoms with van der Waals surface area (Å²) in [7, 11) is 0. The maximum Gasteiger partial charge on any atom is 0.171 e. The number of aromatic nitrogens is 2. The second-order valence-corrected chi connectivity index (χ2v) is 4.52. The fraction of sp³-hybridized carbons (Fsp3) is 0. The van der Waals surface area contributed by atoms with E-state index in [9.17, 15) is 4.39 Å². The van der Waals surface area contributed by atoms with E-state index in [4.69, 9.17) is 23.1 Å². The van der Waals surface area contributed by atoms with E-state index in [2.05, 4.69) is 5.10 Å². The van der Waals surface area contributed by atoms with Crippen LogP contribution in [0.4, 0.5) is 15.8 Å². The van der Waals surface area contributed by atoms with E-state index in [0.717, 1.165) is 10.9 Å². The van der Waals surface area contributed by atoms with Gasteiger partial charge in [-0.15, -0.1) is 0 Å². The molecule has 19 heavy (non-hydrogen) atoms. The van der Waals surface area contributed by atoms with Crippen LogP contribution in [0.2, 0.25) is 5.02 Å². The molecule has 0 fully saturated rings. The average molecular weight is 277 g/mol. The van der Waals surface area contributed by atoms with Gasteiger partial charge >= 0.3 is 0 Å². The number of fused-ring (bicyclic) bond motifs is 1. The Morgan fingerprint density at radius 1 is 1.16 bits per heavy atom. The van der Waals surface area contributed by atoms with Crippen LogP contribution in [0.1, 0.15) is 0 Å². The molecule has 0 aliphatic carbocycles. The van der Waals surface area contributed by atoms with Crippen LogP contribution in [0.15, 0.2) is 36.5 Å². The zero-order valence-corrected chi connectivity index (χ0v) is 10.5. The number of benzene rings is 2. The van der Waals surface area contributed by atoms with Crippen molar-refractivity contribution in [1.29, 1.82) is 0 Å². The van der Waals surface area contributed by atoms with Gasteiger partial charge in [0.15, 0.2) is 5.82 Å². The minimum absolute atomic E-state index is 0.108. The van der Waals surface area contributed by atoms with Gasteiger partial charge < -0.3 is 11.5 Å². The third-order valence-corrected chi connectivity index (χ3v) is 3.31. The monoisotopic (exact) mass is 276 g/mol. The quantitative estimate of drug-likeness (QED) is 0.671. The molecular formula is C13H10ClFN4. The molecule has 0 saturated carbocycles. The van der Waals surface area contributed by atoms with E-state index < -0.39 is 5.82 Å². The van der Waals surface area contributed by atoms with E-state index >= 15 is 0 Å². The van der Waals surface area contributed by atoms with Crippen molar-refractivity contribution in [1.82, 2.24) is 9.78 Å². The molecule has 6 heteroatoms. The summed E-state index contributed by atoms with van der Waals surface area (Å²) in [5, 5.41) is 4.89. The lowest BCUT2D eigenvalue weighted by Gasteiger charge is -2.11. The Kier molecular flexibility index (Phi) is 2.57. The van der Waals surface area contributed by atoms with Crippen LogP contribution in [0, 0.1) is 5.82 Å². The van der Waals surface area contributed by atoms with Gasteiger partial charge in [-0.05, 0) is 12.1 Å². The molecule has 0 atom stereocenters. The minimum Gasteiger partial charge on any atom is -0.397 e. The van der Waals surface area contributed by atoms with E-state index in [0.29, 0.717) is 0 Å². The lowest BCUT2D eigenvalue weighted by molar-refractivity contribution is 0.615. The maximum atomic E-state index is 14.3. The van der Waals surface area contributed by atoms with E-state index in [1.54, 1.807) is 6.20 Å². The molecule has 0 amide bonds. The van der Waals surface area contributed by atoms with E-state index in [-0.39, 0.29) is 22.1 Å². The van der Waals surface area contributed by atoms with E-state index in [1.807, 2.05) is 24.3 Å². The van der Waals surface area contributed by atoms with Crippen molar-refractivity contribution in [3.05, 3.63) is 47.4 Å². The minimum atomic E-state index is -0.673. The Balaban J connectivity index is 2.36. The molecule has 0 unspecified atom stereocenters. The third-order valence-electron chi connectivity index (χ3n) is 2.93. The molecule has 2 aromatic carbocycles. The second-order valence-electron chi connectivity index (χ2n) is 4.15. The molecule has 1 aromatic heterocycles. The van der Waals surface area contributed by atoms with Crippen LogP contribution < -0.4 is 11.5 Å². The zero-order valence-electron chi connectivity index (χ0n) is 9.77. The first kappa shape index (κ1) is 11.8. The summed E-state index contributed by atoms with van der Waals surface area (Å²) in [6.45, 7) is 0. The highest BCUT2D eigenvalue weighted by atomic mass is 35.5. The van der Waals surface area contributed by atoms with E-state index in [1.165, 1.54) is 10.7 Å². The summed E-state index contributed by atoms with van der Waals surface area (Å²) in [6.07, 6.45) is 1.64. The van der Waals surface area contributed by atoms with Crippen molar-refractivity contribution >= 4 is 33.9 Å². The Bertz CT molecular complexity index is 782.